The zero-order valence-electron chi connectivity index (χ0n) is 15.9. The summed E-state index contributed by atoms with van der Waals surface area (Å²) in [5.41, 5.74) is 3.81. The van der Waals surface area contributed by atoms with Crippen LogP contribution in [0.5, 0.6) is 0 Å². The van der Waals surface area contributed by atoms with Crippen LogP contribution in [0.15, 0.2) is 78.9 Å². The van der Waals surface area contributed by atoms with E-state index in [0.717, 1.165) is 16.8 Å². The van der Waals surface area contributed by atoms with Crippen molar-refractivity contribution >= 4 is 17.9 Å². The molecule has 142 valence electrons. The van der Waals surface area contributed by atoms with E-state index in [2.05, 4.69) is 29.2 Å². The fourth-order valence-electron chi connectivity index (χ4n) is 3.08. The Kier molecular flexibility index (Phi) is 6.58. The summed E-state index contributed by atoms with van der Waals surface area (Å²) in [6.07, 6.45) is 0.689. The molecule has 0 aromatic heterocycles. The third-order valence-electron chi connectivity index (χ3n) is 4.46. The lowest BCUT2D eigenvalue weighted by Crippen LogP contribution is -2.23. The maximum Gasteiger partial charge on any atom is 0.338 e. The molecule has 4 heteroatoms. The maximum absolute atomic E-state index is 12.3. The van der Waals surface area contributed by atoms with Gasteiger partial charge in [-0.25, -0.2) is 4.79 Å². The van der Waals surface area contributed by atoms with Gasteiger partial charge in [0.2, 0.25) is 0 Å². The lowest BCUT2D eigenvalue weighted by molar-refractivity contribution is 0.0524. The number of esters is 1. The molecule has 0 aliphatic rings. The summed E-state index contributed by atoms with van der Waals surface area (Å²) < 4.78 is 5.13. The predicted octanol–water partition coefficient (Wildman–Crippen LogP) is 4.88. The second kappa shape index (κ2) is 9.51. The van der Waals surface area contributed by atoms with Gasteiger partial charge in [0, 0.05) is 24.3 Å². The third-order valence-corrected chi connectivity index (χ3v) is 4.46. The Morgan fingerprint density at radius 2 is 1.46 bits per heavy atom. The van der Waals surface area contributed by atoms with Crippen molar-refractivity contribution in [1.29, 1.82) is 0 Å². The van der Waals surface area contributed by atoms with Gasteiger partial charge < -0.3 is 9.64 Å². The molecule has 0 bridgehead atoms. The van der Waals surface area contributed by atoms with Gasteiger partial charge in [0.1, 0.15) is 0 Å². The molecule has 0 unspecified atom stereocenters. The first-order valence-electron chi connectivity index (χ1n) is 9.30. The van der Waals surface area contributed by atoms with Gasteiger partial charge in [-0.1, -0.05) is 60.7 Å². The van der Waals surface area contributed by atoms with Crippen molar-refractivity contribution in [2.45, 2.75) is 20.0 Å². The predicted molar refractivity (Wildman–Crippen MR) is 111 cm³/mol. The molecule has 0 atom stereocenters. The zero-order chi connectivity index (χ0) is 19.8. The molecule has 3 aromatic carbocycles. The smallest absolute Gasteiger partial charge is 0.338 e. The first kappa shape index (κ1) is 19.4. The lowest BCUT2D eigenvalue weighted by atomic mass is 10.1. The summed E-state index contributed by atoms with van der Waals surface area (Å²) in [4.78, 5) is 25.9. The highest BCUT2D eigenvalue weighted by Crippen LogP contribution is 2.24. The van der Waals surface area contributed by atoms with E-state index in [4.69, 9.17) is 4.74 Å². The van der Waals surface area contributed by atoms with Crippen LogP contribution < -0.4 is 4.90 Å². The molecule has 4 nitrogen and oxygen atoms in total. The minimum atomic E-state index is -0.481. The highest BCUT2D eigenvalue weighted by molar-refractivity contribution is 5.99. The van der Waals surface area contributed by atoms with Gasteiger partial charge >= 0.3 is 5.97 Å². The summed E-state index contributed by atoms with van der Waals surface area (Å²) in [6.45, 7) is 3.37. The fourth-order valence-corrected chi connectivity index (χ4v) is 3.08. The highest BCUT2D eigenvalue weighted by atomic mass is 16.5. The molecule has 28 heavy (non-hydrogen) atoms. The Morgan fingerprint density at radius 1 is 0.893 bits per heavy atom. The monoisotopic (exact) mass is 373 g/mol. The number of carbonyl (C=O) groups is 2. The van der Waals surface area contributed by atoms with Gasteiger partial charge in [-0.15, -0.1) is 0 Å². The lowest BCUT2D eigenvalue weighted by Gasteiger charge is -2.26. The van der Waals surface area contributed by atoms with Crippen LogP contribution in [0.4, 0.5) is 5.69 Å². The number of hydrogen-bond donors (Lipinski definition) is 0. The first-order valence-corrected chi connectivity index (χ1v) is 9.30. The van der Waals surface area contributed by atoms with Crippen LogP contribution in [0.3, 0.4) is 0 Å². The Balaban J connectivity index is 1.97. The van der Waals surface area contributed by atoms with E-state index in [0.29, 0.717) is 30.5 Å². The van der Waals surface area contributed by atoms with Gasteiger partial charge in [0.25, 0.3) is 0 Å². The van der Waals surface area contributed by atoms with Crippen LogP contribution >= 0.6 is 0 Å². The molecule has 0 aliphatic carbocycles. The second-order valence-electron chi connectivity index (χ2n) is 6.44. The van der Waals surface area contributed by atoms with E-state index in [1.165, 1.54) is 0 Å². The molecule has 0 fully saturated rings. The molecule has 0 amide bonds. The molecule has 0 radical (unpaired) electrons. The molecule has 0 aliphatic heterocycles. The summed E-state index contributed by atoms with van der Waals surface area (Å²) in [5, 5.41) is 0. The minimum Gasteiger partial charge on any atom is -0.462 e. The second-order valence-corrected chi connectivity index (χ2v) is 6.44. The van der Waals surface area contributed by atoms with E-state index in [-0.39, 0.29) is 6.61 Å². The SMILES string of the molecule is CCOC(=O)c1cc(N(Cc2ccccc2)Cc2ccccc2)ccc1C=O. The van der Waals surface area contributed by atoms with E-state index in [1.54, 1.807) is 19.1 Å². The third kappa shape index (κ3) is 4.86. The van der Waals surface area contributed by atoms with Crippen molar-refractivity contribution in [2.24, 2.45) is 0 Å². The number of rotatable bonds is 8. The molecule has 3 rings (SSSR count). The quantitative estimate of drug-likeness (QED) is 0.417. The van der Waals surface area contributed by atoms with E-state index >= 15 is 0 Å². The number of carbonyl (C=O) groups excluding carboxylic acids is 2. The van der Waals surface area contributed by atoms with Crippen molar-refractivity contribution in [1.82, 2.24) is 0 Å². The molecule has 3 aromatic rings. The highest BCUT2D eigenvalue weighted by Gasteiger charge is 2.16. The molecule has 0 heterocycles. The molecule has 0 N–H and O–H groups in total. The summed E-state index contributed by atoms with van der Waals surface area (Å²) in [7, 11) is 0. The molecule has 0 spiro atoms. The standard InChI is InChI=1S/C24H23NO3/c1-2-28-24(27)23-15-22(14-13-21(23)18-26)25(16-19-9-5-3-6-10-19)17-20-11-7-4-8-12-20/h3-15,18H,2,16-17H2,1H3. The minimum absolute atomic E-state index is 0.263. The fraction of sp³-hybridized carbons (Fsp3) is 0.167. The van der Waals surface area contributed by atoms with E-state index in [1.807, 2.05) is 42.5 Å². The van der Waals surface area contributed by atoms with Gasteiger partial charge in [-0.3, -0.25) is 4.79 Å². The van der Waals surface area contributed by atoms with E-state index in [9.17, 15) is 9.59 Å². The number of benzene rings is 3. The average Bonchev–Trinajstić information content (AvgIpc) is 2.74. The number of aldehydes is 1. The molecule has 0 saturated heterocycles. The Labute approximate surface area is 165 Å². The zero-order valence-corrected chi connectivity index (χ0v) is 15.9. The topological polar surface area (TPSA) is 46.6 Å². The van der Waals surface area contributed by atoms with Crippen molar-refractivity contribution in [3.63, 3.8) is 0 Å². The number of anilines is 1. The van der Waals surface area contributed by atoms with Crippen LogP contribution in [0, 0.1) is 0 Å². The normalized spacial score (nSPS) is 10.3. The van der Waals surface area contributed by atoms with Crippen LogP contribution in [0.1, 0.15) is 38.8 Å². The van der Waals surface area contributed by atoms with E-state index < -0.39 is 5.97 Å². The van der Waals surface area contributed by atoms with Crippen molar-refractivity contribution < 1.29 is 14.3 Å². The Morgan fingerprint density at radius 3 is 1.96 bits per heavy atom. The first-order chi connectivity index (χ1) is 13.7. The number of ether oxygens (including phenoxy) is 1. The maximum atomic E-state index is 12.3. The average molecular weight is 373 g/mol. The van der Waals surface area contributed by atoms with Crippen molar-refractivity contribution in [2.75, 3.05) is 11.5 Å². The van der Waals surface area contributed by atoms with Crippen molar-refractivity contribution in [3.05, 3.63) is 101 Å². The van der Waals surface area contributed by atoms with Crippen LogP contribution in [0.2, 0.25) is 0 Å². The Bertz CT molecular complexity index is 882. The molecular weight excluding hydrogens is 350 g/mol. The van der Waals surface area contributed by atoms with Crippen LogP contribution in [-0.2, 0) is 17.8 Å². The van der Waals surface area contributed by atoms with Crippen LogP contribution in [0.25, 0.3) is 0 Å². The number of hydrogen-bond acceptors (Lipinski definition) is 4. The van der Waals surface area contributed by atoms with Gasteiger partial charge in [0.15, 0.2) is 6.29 Å². The van der Waals surface area contributed by atoms with Crippen LogP contribution in [-0.4, -0.2) is 18.9 Å². The largest absolute Gasteiger partial charge is 0.462 e. The number of nitrogens with zero attached hydrogens (tertiary/aromatic N) is 1. The van der Waals surface area contributed by atoms with Gasteiger partial charge in [-0.05, 0) is 36.2 Å². The van der Waals surface area contributed by atoms with Gasteiger partial charge in [0.05, 0.1) is 12.2 Å². The van der Waals surface area contributed by atoms with Gasteiger partial charge in [-0.2, -0.15) is 0 Å². The molecular formula is C24H23NO3. The summed E-state index contributed by atoms with van der Waals surface area (Å²) in [6, 6.07) is 25.6. The Hall–Kier alpha value is -3.40. The van der Waals surface area contributed by atoms with Crippen molar-refractivity contribution in [3.8, 4) is 0 Å². The summed E-state index contributed by atoms with van der Waals surface area (Å²) in [5.74, 6) is -0.481. The molecule has 0 saturated carbocycles. The summed E-state index contributed by atoms with van der Waals surface area (Å²) >= 11 is 0.